The standard InChI is InChI=1S/C10H19NO4/c1-10(14,9(12)13)3-2-4-11-5-7-15-8-6-11/h14H,2-8H2,1H3,(H,12,13). The molecule has 1 rings (SSSR count). The van der Waals surface area contributed by atoms with Crippen LogP contribution in [0.15, 0.2) is 0 Å². The third kappa shape index (κ3) is 4.15. The first-order valence-electron chi connectivity index (χ1n) is 5.28. The van der Waals surface area contributed by atoms with E-state index >= 15 is 0 Å². The van der Waals surface area contributed by atoms with E-state index < -0.39 is 11.6 Å². The number of carboxylic acid groups (broad SMARTS) is 1. The number of carbonyl (C=O) groups is 1. The van der Waals surface area contributed by atoms with E-state index in [1.807, 2.05) is 0 Å². The number of aliphatic carboxylic acids is 1. The van der Waals surface area contributed by atoms with Crippen molar-refractivity contribution in [3.8, 4) is 0 Å². The molecule has 5 heteroatoms. The van der Waals surface area contributed by atoms with E-state index in [1.165, 1.54) is 6.92 Å². The number of rotatable bonds is 5. The molecule has 1 aliphatic heterocycles. The molecule has 5 nitrogen and oxygen atoms in total. The summed E-state index contributed by atoms with van der Waals surface area (Å²) in [5.74, 6) is -1.15. The summed E-state index contributed by atoms with van der Waals surface area (Å²) in [7, 11) is 0. The third-order valence-corrected chi connectivity index (χ3v) is 2.70. The van der Waals surface area contributed by atoms with Gasteiger partial charge in [-0.25, -0.2) is 4.79 Å². The lowest BCUT2D eigenvalue weighted by Gasteiger charge is -2.27. The van der Waals surface area contributed by atoms with Gasteiger partial charge in [-0.15, -0.1) is 0 Å². The Morgan fingerprint density at radius 2 is 2.07 bits per heavy atom. The SMILES string of the molecule is CC(O)(CCCN1CCOCC1)C(=O)O. The van der Waals surface area contributed by atoms with Crippen molar-refractivity contribution in [2.45, 2.75) is 25.4 Å². The zero-order chi connectivity index (χ0) is 11.3. The highest BCUT2D eigenvalue weighted by molar-refractivity contribution is 5.76. The Labute approximate surface area is 89.6 Å². The summed E-state index contributed by atoms with van der Waals surface area (Å²) in [5, 5.41) is 18.2. The minimum atomic E-state index is -1.59. The van der Waals surface area contributed by atoms with Crippen molar-refractivity contribution in [1.29, 1.82) is 0 Å². The van der Waals surface area contributed by atoms with Crippen molar-refractivity contribution < 1.29 is 19.7 Å². The number of morpholine rings is 1. The lowest BCUT2D eigenvalue weighted by atomic mass is 10.0. The van der Waals surface area contributed by atoms with Crippen molar-refractivity contribution in [3.63, 3.8) is 0 Å². The van der Waals surface area contributed by atoms with Crippen molar-refractivity contribution in [3.05, 3.63) is 0 Å². The molecule has 0 radical (unpaired) electrons. The summed E-state index contributed by atoms with van der Waals surface area (Å²) in [5.41, 5.74) is -1.59. The van der Waals surface area contributed by atoms with Gasteiger partial charge in [0.15, 0.2) is 5.60 Å². The van der Waals surface area contributed by atoms with Gasteiger partial charge < -0.3 is 14.9 Å². The lowest BCUT2D eigenvalue weighted by molar-refractivity contribution is -0.157. The van der Waals surface area contributed by atoms with Crippen LogP contribution in [0.1, 0.15) is 19.8 Å². The Kier molecular flexibility index (Phi) is 4.50. The Hall–Kier alpha value is -0.650. The molecule has 0 spiro atoms. The van der Waals surface area contributed by atoms with E-state index in [0.717, 1.165) is 32.8 Å². The smallest absolute Gasteiger partial charge is 0.335 e. The highest BCUT2D eigenvalue weighted by Gasteiger charge is 2.29. The number of hydrogen-bond donors (Lipinski definition) is 2. The van der Waals surface area contributed by atoms with Gasteiger partial charge in [0, 0.05) is 13.1 Å². The van der Waals surface area contributed by atoms with Crippen LogP contribution in [-0.4, -0.2) is 59.5 Å². The number of hydrogen-bond acceptors (Lipinski definition) is 4. The summed E-state index contributed by atoms with van der Waals surface area (Å²) < 4.78 is 5.20. The average molecular weight is 217 g/mol. The van der Waals surface area contributed by atoms with E-state index in [-0.39, 0.29) is 0 Å². The van der Waals surface area contributed by atoms with E-state index in [1.54, 1.807) is 0 Å². The number of aliphatic hydroxyl groups is 1. The summed E-state index contributed by atoms with van der Waals surface area (Å²) in [6.45, 7) is 5.45. The van der Waals surface area contributed by atoms with Gasteiger partial charge in [-0.3, -0.25) is 4.90 Å². The number of ether oxygens (including phenoxy) is 1. The maximum Gasteiger partial charge on any atom is 0.335 e. The maximum absolute atomic E-state index is 10.6. The molecule has 1 atom stereocenters. The van der Waals surface area contributed by atoms with Gasteiger partial charge in [0.1, 0.15) is 0 Å². The molecule has 1 saturated heterocycles. The molecule has 1 heterocycles. The van der Waals surface area contributed by atoms with Gasteiger partial charge in [0.2, 0.25) is 0 Å². The van der Waals surface area contributed by atoms with Crippen LogP contribution in [-0.2, 0) is 9.53 Å². The van der Waals surface area contributed by atoms with Crippen LogP contribution in [0.5, 0.6) is 0 Å². The predicted molar refractivity (Wildman–Crippen MR) is 54.8 cm³/mol. The Balaban J connectivity index is 2.17. The molecule has 0 saturated carbocycles. The molecule has 0 aromatic rings. The molecule has 0 bridgehead atoms. The zero-order valence-corrected chi connectivity index (χ0v) is 9.11. The highest BCUT2D eigenvalue weighted by Crippen LogP contribution is 2.12. The second kappa shape index (κ2) is 5.44. The fourth-order valence-electron chi connectivity index (χ4n) is 1.58. The molecule has 0 amide bonds. The molecular formula is C10H19NO4. The molecule has 1 aliphatic rings. The molecule has 1 unspecified atom stereocenters. The number of carboxylic acids is 1. The minimum Gasteiger partial charge on any atom is -0.479 e. The van der Waals surface area contributed by atoms with Crippen molar-refractivity contribution in [1.82, 2.24) is 4.90 Å². The van der Waals surface area contributed by atoms with E-state index in [0.29, 0.717) is 12.8 Å². The fraction of sp³-hybridized carbons (Fsp3) is 0.900. The van der Waals surface area contributed by atoms with Crippen molar-refractivity contribution in [2.24, 2.45) is 0 Å². The number of nitrogens with zero attached hydrogens (tertiary/aromatic N) is 1. The third-order valence-electron chi connectivity index (χ3n) is 2.70. The topological polar surface area (TPSA) is 70.0 Å². The molecule has 88 valence electrons. The average Bonchev–Trinajstić information content (AvgIpc) is 2.19. The monoisotopic (exact) mass is 217 g/mol. The molecule has 15 heavy (non-hydrogen) atoms. The Bertz CT molecular complexity index is 211. The maximum atomic E-state index is 10.6. The first-order chi connectivity index (χ1) is 7.02. The fourth-order valence-corrected chi connectivity index (χ4v) is 1.58. The Morgan fingerprint density at radius 3 is 2.60 bits per heavy atom. The van der Waals surface area contributed by atoms with Crippen LogP contribution < -0.4 is 0 Å². The summed E-state index contributed by atoms with van der Waals surface area (Å²) in [6.07, 6.45) is 0.985. The molecule has 2 N–H and O–H groups in total. The minimum absolute atomic E-state index is 0.291. The summed E-state index contributed by atoms with van der Waals surface area (Å²) in [4.78, 5) is 12.8. The molecule has 0 aromatic heterocycles. The molecule has 1 fully saturated rings. The molecule has 0 aromatic carbocycles. The summed E-state index contributed by atoms with van der Waals surface area (Å²) in [6, 6.07) is 0. The van der Waals surface area contributed by atoms with E-state index in [4.69, 9.17) is 9.84 Å². The second-order valence-corrected chi connectivity index (χ2v) is 4.14. The first kappa shape index (κ1) is 12.4. The van der Waals surface area contributed by atoms with Crippen molar-refractivity contribution in [2.75, 3.05) is 32.8 Å². The second-order valence-electron chi connectivity index (χ2n) is 4.14. The zero-order valence-electron chi connectivity index (χ0n) is 9.11. The van der Waals surface area contributed by atoms with Gasteiger partial charge in [-0.2, -0.15) is 0 Å². The van der Waals surface area contributed by atoms with E-state index in [2.05, 4.69) is 4.90 Å². The van der Waals surface area contributed by atoms with Crippen LogP contribution in [0, 0.1) is 0 Å². The summed E-state index contributed by atoms with van der Waals surface area (Å²) >= 11 is 0. The quantitative estimate of drug-likeness (QED) is 0.675. The highest BCUT2D eigenvalue weighted by atomic mass is 16.5. The van der Waals surface area contributed by atoms with Gasteiger partial charge in [0.25, 0.3) is 0 Å². The largest absolute Gasteiger partial charge is 0.479 e. The van der Waals surface area contributed by atoms with E-state index in [9.17, 15) is 9.90 Å². The lowest BCUT2D eigenvalue weighted by Crippen LogP contribution is -2.39. The van der Waals surface area contributed by atoms with Crippen LogP contribution in [0.2, 0.25) is 0 Å². The first-order valence-corrected chi connectivity index (χ1v) is 5.28. The molecular weight excluding hydrogens is 198 g/mol. The Morgan fingerprint density at radius 1 is 1.47 bits per heavy atom. The van der Waals surface area contributed by atoms with Crippen LogP contribution >= 0.6 is 0 Å². The van der Waals surface area contributed by atoms with Gasteiger partial charge in [-0.1, -0.05) is 0 Å². The van der Waals surface area contributed by atoms with Gasteiger partial charge in [0.05, 0.1) is 13.2 Å². The molecule has 0 aliphatic carbocycles. The normalized spacial score (nSPS) is 22.3. The van der Waals surface area contributed by atoms with Crippen LogP contribution in [0.25, 0.3) is 0 Å². The van der Waals surface area contributed by atoms with Crippen LogP contribution in [0.3, 0.4) is 0 Å². The van der Waals surface area contributed by atoms with Crippen molar-refractivity contribution >= 4 is 5.97 Å². The van der Waals surface area contributed by atoms with Gasteiger partial charge >= 0.3 is 5.97 Å². The van der Waals surface area contributed by atoms with Gasteiger partial charge in [-0.05, 0) is 26.3 Å². The predicted octanol–water partition coefficient (Wildman–Crippen LogP) is -0.0656. The van der Waals surface area contributed by atoms with Crippen LogP contribution in [0.4, 0.5) is 0 Å².